The van der Waals surface area contributed by atoms with Crippen LogP contribution in [0.1, 0.15) is 22.8 Å². The van der Waals surface area contributed by atoms with E-state index in [1.165, 1.54) is 13.2 Å². The lowest BCUT2D eigenvalue weighted by atomic mass is 9.99. The summed E-state index contributed by atoms with van der Waals surface area (Å²) < 4.78 is 18.8. The van der Waals surface area contributed by atoms with Crippen molar-refractivity contribution in [3.05, 3.63) is 63.9 Å². The van der Waals surface area contributed by atoms with Gasteiger partial charge in [-0.1, -0.05) is 35.4 Å². The van der Waals surface area contributed by atoms with Gasteiger partial charge in [0.15, 0.2) is 0 Å². The average Bonchev–Trinajstić information content (AvgIpc) is 2.40. The highest BCUT2D eigenvalue weighted by Gasteiger charge is 2.18. The van der Waals surface area contributed by atoms with Crippen LogP contribution in [0.25, 0.3) is 0 Å². The number of aliphatic hydroxyl groups excluding tert-OH is 1. The molecule has 0 fully saturated rings. The van der Waals surface area contributed by atoms with E-state index in [0.29, 0.717) is 16.3 Å². The average molecular weight is 281 g/mol. The van der Waals surface area contributed by atoms with Crippen molar-refractivity contribution in [2.75, 3.05) is 7.11 Å². The van der Waals surface area contributed by atoms with Crippen LogP contribution >= 0.6 is 11.6 Å². The number of hydrogen-bond acceptors (Lipinski definition) is 2. The maximum absolute atomic E-state index is 13.8. The molecule has 0 aliphatic rings. The van der Waals surface area contributed by atoms with Crippen molar-refractivity contribution in [1.29, 1.82) is 0 Å². The molecule has 0 amide bonds. The van der Waals surface area contributed by atoms with E-state index in [0.717, 1.165) is 5.56 Å². The molecule has 2 rings (SSSR count). The third-order valence-corrected chi connectivity index (χ3v) is 3.28. The molecule has 0 aliphatic carbocycles. The topological polar surface area (TPSA) is 29.5 Å². The third kappa shape index (κ3) is 2.88. The molecule has 2 aromatic carbocycles. The molecule has 2 nitrogen and oxygen atoms in total. The van der Waals surface area contributed by atoms with Gasteiger partial charge in [-0.3, -0.25) is 0 Å². The van der Waals surface area contributed by atoms with Gasteiger partial charge >= 0.3 is 0 Å². The molecule has 4 heteroatoms. The van der Waals surface area contributed by atoms with Crippen LogP contribution < -0.4 is 4.74 Å². The highest BCUT2D eigenvalue weighted by Crippen LogP contribution is 2.32. The van der Waals surface area contributed by atoms with Crippen molar-refractivity contribution in [1.82, 2.24) is 0 Å². The second-order valence-electron chi connectivity index (χ2n) is 4.31. The summed E-state index contributed by atoms with van der Waals surface area (Å²) in [5, 5.41) is 10.6. The second kappa shape index (κ2) is 5.59. The largest absolute Gasteiger partial charge is 0.497 e. The van der Waals surface area contributed by atoms with Gasteiger partial charge < -0.3 is 9.84 Å². The molecule has 19 heavy (non-hydrogen) atoms. The molecule has 0 radical (unpaired) electrons. The molecule has 0 aliphatic heterocycles. The first kappa shape index (κ1) is 13.8. The number of ether oxygens (including phenoxy) is 1. The predicted octanol–water partition coefficient (Wildman–Crippen LogP) is 3.88. The Bertz CT molecular complexity index is 599. The summed E-state index contributed by atoms with van der Waals surface area (Å²) in [5.41, 5.74) is 1.54. The zero-order valence-electron chi connectivity index (χ0n) is 10.7. The van der Waals surface area contributed by atoms with Crippen LogP contribution in [0.5, 0.6) is 5.75 Å². The zero-order chi connectivity index (χ0) is 14.0. The molecule has 0 saturated heterocycles. The molecule has 0 heterocycles. The molecule has 0 bridgehead atoms. The van der Waals surface area contributed by atoms with Gasteiger partial charge in [0.2, 0.25) is 0 Å². The predicted molar refractivity (Wildman–Crippen MR) is 73.2 cm³/mol. The number of aliphatic hydroxyl groups is 1. The second-order valence-corrected chi connectivity index (χ2v) is 4.72. The molecule has 100 valence electrons. The van der Waals surface area contributed by atoms with Crippen molar-refractivity contribution >= 4 is 11.6 Å². The first-order valence-corrected chi connectivity index (χ1v) is 6.18. The normalized spacial score (nSPS) is 12.3. The van der Waals surface area contributed by atoms with Gasteiger partial charge in [-0.25, -0.2) is 4.39 Å². The minimum Gasteiger partial charge on any atom is -0.497 e. The SMILES string of the molecule is COc1ccc(C(O)c2cc(C)ccc2F)c(Cl)c1. The van der Waals surface area contributed by atoms with Crippen molar-refractivity contribution in [2.45, 2.75) is 13.0 Å². The summed E-state index contributed by atoms with van der Waals surface area (Å²) in [4.78, 5) is 0. The lowest BCUT2D eigenvalue weighted by Crippen LogP contribution is -2.04. The number of benzene rings is 2. The molecular weight excluding hydrogens is 267 g/mol. The fourth-order valence-electron chi connectivity index (χ4n) is 1.90. The lowest BCUT2D eigenvalue weighted by molar-refractivity contribution is 0.215. The third-order valence-electron chi connectivity index (χ3n) is 2.95. The molecule has 1 atom stereocenters. The summed E-state index contributed by atoms with van der Waals surface area (Å²) in [6.45, 7) is 1.84. The summed E-state index contributed by atoms with van der Waals surface area (Å²) in [7, 11) is 1.53. The van der Waals surface area contributed by atoms with E-state index < -0.39 is 11.9 Å². The van der Waals surface area contributed by atoms with Crippen LogP contribution in [0, 0.1) is 12.7 Å². The Morgan fingerprint density at radius 2 is 1.89 bits per heavy atom. The number of halogens is 2. The summed E-state index contributed by atoms with van der Waals surface area (Å²) in [6, 6.07) is 9.51. The highest BCUT2D eigenvalue weighted by atomic mass is 35.5. The van der Waals surface area contributed by atoms with Crippen molar-refractivity contribution < 1.29 is 14.2 Å². The Balaban J connectivity index is 2.43. The van der Waals surface area contributed by atoms with Crippen LogP contribution in [0.2, 0.25) is 5.02 Å². The number of rotatable bonds is 3. The zero-order valence-corrected chi connectivity index (χ0v) is 11.4. The van der Waals surface area contributed by atoms with Gasteiger partial charge in [-0.15, -0.1) is 0 Å². The Morgan fingerprint density at radius 1 is 1.16 bits per heavy atom. The van der Waals surface area contributed by atoms with Crippen LogP contribution in [-0.4, -0.2) is 12.2 Å². The fraction of sp³-hybridized carbons (Fsp3) is 0.200. The Hall–Kier alpha value is -1.58. The Kier molecular flexibility index (Phi) is 4.08. The molecule has 0 aromatic heterocycles. The Morgan fingerprint density at radius 3 is 2.53 bits per heavy atom. The first-order chi connectivity index (χ1) is 9.02. The molecule has 2 aromatic rings. The molecule has 1 unspecified atom stereocenters. The lowest BCUT2D eigenvalue weighted by Gasteiger charge is -2.15. The molecule has 0 saturated carbocycles. The van der Waals surface area contributed by atoms with E-state index in [1.807, 2.05) is 6.92 Å². The summed E-state index contributed by atoms with van der Waals surface area (Å²) >= 11 is 6.08. The molecule has 0 spiro atoms. The van der Waals surface area contributed by atoms with E-state index in [1.54, 1.807) is 30.3 Å². The van der Waals surface area contributed by atoms with Crippen LogP contribution in [-0.2, 0) is 0 Å². The molecule has 1 N–H and O–H groups in total. The van der Waals surface area contributed by atoms with Gasteiger partial charge in [-0.2, -0.15) is 0 Å². The van der Waals surface area contributed by atoms with E-state index in [9.17, 15) is 9.50 Å². The maximum Gasteiger partial charge on any atom is 0.129 e. The van der Waals surface area contributed by atoms with Gasteiger partial charge in [0.1, 0.15) is 17.7 Å². The summed E-state index contributed by atoms with van der Waals surface area (Å²) in [6.07, 6.45) is -1.10. The molecular formula is C15H14ClFO2. The highest BCUT2D eigenvalue weighted by molar-refractivity contribution is 6.31. The van der Waals surface area contributed by atoms with E-state index >= 15 is 0 Å². The number of methoxy groups -OCH3 is 1. The first-order valence-electron chi connectivity index (χ1n) is 5.80. The maximum atomic E-state index is 13.8. The minimum absolute atomic E-state index is 0.215. The van der Waals surface area contributed by atoms with Gasteiger partial charge in [0.05, 0.1) is 12.1 Å². The van der Waals surface area contributed by atoms with Crippen molar-refractivity contribution in [2.24, 2.45) is 0 Å². The van der Waals surface area contributed by atoms with Crippen LogP contribution in [0.3, 0.4) is 0 Å². The van der Waals surface area contributed by atoms with E-state index in [4.69, 9.17) is 16.3 Å². The van der Waals surface area contributed by atoms with Crippen molar-refractivity contribution in [3.8, 4) is 5.75 Å². The van der Waals surface area contributed by atoms with Gasteiger partial charge in [0.25, 0.3) is 0 Å². The Labute approximate surface area is 116 Å². The van der Waals surface area contributed by atoms with Gasteiger partial charge in [-0.05, 0) is 25.1 Å². The summed E-state index contributed by atoms with van der Waals surface area (Å²) in [5.74, 6) is 0.135. The standard InChI is InChI=1S/C15H14ClFO2/c1-9-3-6-14(17)12(7-9)15(18)11-5-4-10(19-2)8-13(11)16/h3-8,15,18H,1-2H3. The minimum atomic E-state index is -1.10. The van der Waals surface area contributed by atoms with Crippen LogP contribution in [0.4, 0.5) is 4.39 Å². The fourth-order valence-corrected chi connectivity index (χ4v) is 2.17. The monoisotopic (exact) mass is 280 g/mol. The van der Waals surface area contributed by atoms with Crippen molar-refractivity contribution in [3.63, 3.8) is 0 Å². The quantitative estimate of drug-likeness (QED) is 0.924. The number of aryl methyl sites for hydroxylation is 1. The van der Waals surface area contributed by atoms with Crippen LogP contribution in [0.15, 0.2) is 36.4 Å². The number of hydrogen-bond donors (Lipinski definition) is 1. The van der Waals surface area contributed by atoms with E-state index in [2.05, 4.69) is 0 Å². The van der Waals surface area contributed by atoms with E-state index in [-0.39, 0.29) is 5.56 Å². The smallest absolute Gasteiger partial charge is 0.129 e. The van der Waals surface area contributed by atoms with Gasteiger partial charge in [0, 0.05) is 11.1 Å².